The van der Waals surface area contributed by atoms with Crippen LogP contribution in [-0.2, 0) is 7.05 Å². The van der Waals surface area contributed by atoms with E-state index in [0.717, 1.165) is 0 Å². The number of nitriles is 1. The number of aryl methyl sites for hydroxylation is 1. The van der Waals surface area contributed by atoms with Crippen molar-refractivity contribution in [3.63, 3.8) is 0 Å². The van der Waals surface area contributed by atoms with Gasteiger partial charge in [-0.15, -0.1) is 0 Å². The molecule has 86 valence electrons. The summed E-state index contributed by atoms with van der Waals surface area (Å²) < 4.78 is 1.81. The molecular weight excluding hydrogens is 202 g/mol. The molecule has 0 aliphatic carbocycles. The van der Waals surface area contributed by atoms with Gasteiger partial charge in [-0.3, -0.25) is 9.69 Å². The molecule has 4 nitrogen and oxygen atoms in total. The number of Topliss-reactive ketones (excluding diaryl/α,β-unsaturated/α-hetero) is 1. The molecule has 1 unspecified atom stereocenters. The van der Waals surface area contributed by atoms with Crippen LogP contribution in [0.4, 0.5) is 0 Å². The summed E-state index contributed by atoms with van der Waals surface area (Å²) in [6.45, 7) is 2.82. The van der Waals surface area contributed by atoms with E-state index in [1.807, 2.05) is 48.8 Å². The normalized spacial score (nSPS) is 12.4. The SMILES string of the molecule is CC(C#N)CN(C)CC(=O)c1cccn1C. The minimum Gasteiger partial charge on any atom is -0.348 e. The molecule has 1 rings (SSSR count). The lowest BCUT2D eigenvalue weighted by molar-refractivity contribution is 0.0935. The Morgan fingerprint density at radius 1 is 1.69 bits per heavy atom. The molecule has 0 bridgehead atoms. The first-order valence-electron chi connectivity index (χ1n) is 5.27. The van der Waals surface area contributed by atoms with Crippen molar-refractivity contribution < 1.29 is 4.79 Å². The first-order valence-corrected chi connectivity index (χ1v) is 5.27. The second-order valence-electron chi connectivity index (χ2n) is 4.15. The van der Waals surface area contributed by atoms with Crippen LogP contribution < -0.4 is 0 Å². The standard InChI is InChI=1S/C12H17N3O/c1-10(7-13)8-14(2)9-12(16)11-5-4-6-15(11)3/h4-6,10H,8-9H2,1-3H3. The van der Waals surface area contributed by atoms with E-state index in [1.165, 1.54) is 0 Å². The van der Waals surface area contributed by atoms with E-state index in [1.54, 1.807) is 0 Å². The summed E-state index contributed by atoms with van der Waals surface area (Å²) in [5, 5.41) is 8.68. The summed E-state index contributed by atoms with van der Waals surface area (Å²) in [4.78, 5) is 13.7. The molecule has 0 aromatic carbocycles. The number of carbonyl (C=O) groups excluding carboxylic acids is 1. The number of hydrogen-bond acceptors (Lipinski definition) is 3. The van der Waals surface area contributed by atoms with Crippen LogP contribution >= 0.6 is 0 Å². The molecule has 1 heterocycles. The van der Waals surface area contributed by atoms with Crippen LogP contribution in [-0.4, -0.2) is 35.4 Å². The quantitative estimate of drug-likeness (QED) is 0.701. The van der Waals surface area contributed by atoms with Gasteiger partial charge in [0.05, 0.1) is 24.2 Å². The summed E-state index contributed by atoms with van der Waals surface area (Å²) in [6, 6.07) is 5.82. The lowest BCUT2D eigenvalue weighted by atomic mass is 10.2. The molecule has 0 aliphatic rings. The Morgan fingerprint density at radius 3 is 2.88 bits per heavy atom. The lowest BCUT2D eigenvalue weighted by Gasteiger charge is -2.16. The molecule has 4 heteroatoms. The number of likely N-dealkylation sites (N-methyl/N-ethyl adjacent to an activating group) is 1. The van der Waals surface area contributed by atoms with Gasteiger partial charge < -0.3 is 4.57 Å². The highest BCUT2D eigenvalue weighted by Gasteiger charge is 2.13. The predicted molar refractivity (Wildman–Crippen MR) is 62.0 cm³/mol. The first kappa shape index (κ1) is 12.5. The Kier molecular flexibility index (Phi) is 4.27. The van der Waals surface area contributed by atoms with Crippen LogP contribution in [0.1, 0.15) is 17.4 Å². The van der Waals surface area contributed by atoms with Crippen molar-refractivity contribution in [2.75, 3.05) is 20.1 Å². The Morgan fingerprint density at radius 2 is 2.38 bits per heavy atom. The van der Waals surface area contributed by atoms with Crippen molar-refractivity contribution in [2.45, 2.75) is 6.92 Å². The fourth-order valence-corrected chi connectivity index (χ4v) is 1.65. The lowest BCUT2D eigenvalue weighted by Crippen LogP contribution is -2.30. The number of carbonyl (C=O) groups is 1. The molecule has 0 N–H and O–H groups in total. The van der Waals surface area contributed by atoms with Crippen LogP contribution in [0.5, 0.6) is 0 Å². The molecule has 1 atom stereocenters. The van der Waals surface area contributed by atoms with E-state index in [4.69, 9.17) is 5.26 Å². The monoisotopic (exact) mass is 219 g/mol. The van der Waals surface area contributed by atoms with Crippen LogP contribution in [0, 0.1) is 17.2 Å². The third-order valence-electron chi connectivity index (χ3n) is 2.45. The molecule has 0 saturated heterocycles. The first-order chi connectivity index (χ1) is 7.54. The van der Waals surface area contributed by atoms with Crippen molar-refractivity contribution in [1.29, 1.82) is 5.26 Å². The Bertz CT molecular complexity index is 403. The van der Waals surface area contributed by atoms with Gasteiger partial charge in [0.25, 0.3) is 0 Å². The van der Waals surface area contributed by atoms with Crippen LogP contribution in [0.3, 0.4) is 0 Å². The molecular formula is C12H17N3O. The van der Waals surface area contributed by atoms with Crippen molar-refractivity contribution in [2.24, 2.45) is 13.0 Å². The Labute approximate surface area is 96.1 Å². The van der Waals surface area contributed by atoms with Gasteiger partial charge in [0, 0.05) is 19.8 Å². The van der Waals surface area contributed by atoms with Gasteiger partial charge in [-0.2, -0.15) is 5.26 Å². The van der Waals surface area contributed by atoms with E-state index >= 15 is 0 Å². The summed E-state index contributed by atoms with van der Waals surface area (Å²) in [5.41, 5.74) is 0.705. The highest BCUT2D eigenvalue weighted by molar-refractivity contribution is 5.96. The fourth-order valence-electron chi connectivity index (χ4n) is 1.65. The van der Waals surface area contributed by atoms with E-state index in [0.29, 0.717) is 18.8 Å². The molecule has 1 aromatic heterocycles. The maximum absolute atomic E-state index is 11.9. The zero-order chi connectivity index (χ0) is 12.1. The molecule has 0 amide bonds. The summed E-state index contributed by atoms with van der Waals surface area (Å²) >= 11 is 0. The second-order valence-corrected chi connectivity index (χ2v) is 4.15. The maximum Gasteiger partial charge on any atom is 0.193 e. The summed E-state index contributed by atoms with van der Waals surface area (Å²) in [7, 11) is 3.71. The average Bonchev–Trinajstić information content (AvgIpc) is 2.63. The number of ketones is 1. The average molecular weight is 219 g/mol. The minimum atomic E-state index is -0.0498. The van der Waals surface area contributed by atoms with Crippen LogP contribution in [0.2, 0.25) is 0 Å². The van der Waals surface area contributed by atoms with Gasteiger partial charge in [0.2, 0.25) is 0 Å². The van der Waals surface area contributed by atoms with Gasteiger partial charge >= 0.3 is 0 Å². The van der Waals surface area contributed by atoms with Crippen molar-refractivity contribution in [3.05, 3.63) is 24.0 Å². The molecule has 1 aromatic rings. The number of rotatable bonds is 5. The maximum atomic E-state index is 11.9. The number of nitrogens with zero attached hydrogens (tertiary/aromatic N) is 3. The van der Waals surface area contributed by atoms with E-state index in [-0.39, 0.29) is 11.7 Å². The third kappa shape index (κ3) is 3.21. The summed E-state index contributed by atoms with van der Waals surface area (Å²) in [5.74, 6) is 0.0337. The van der Waals surface area contributed by atoms with Gasteiger partial charge in [-0.05, 0) is 26.1 Å². The highest BCUT2D eigenvalue weighted by Crippen LogP contribution is 2.03. The summed E-state index contributed by atoms with van der Waals surface area (Å²) in [6.07, 6.45) is 1.85. The Hall–Kier alpha value is -1.60. The molecule has 0 spiro atoms. The topological polar surface area (TPSA) is 49.0 Å². The number of aromatic nitrogens is 1. The second kappa shape index (κ2) is 5.47. The van der Waals surface area contributed by atoms with Crippen molar-refractivity contribution >= 4 is 5.78 Å². The van der Waals surface area contributed by atoms with Crippen LogP contribution in [0.25, 0.3) is 0 Å². The molecule has 16 heavy (non-hydrogen) atoms. The smallest absolute Gasteiger partial charge is 0.193 e. The highest BCUT2D eigenvalue weighted by atomic mass is 16.1. The van der Waals surface area contributed by atoms with Crippen molar-refractivity contribution in [1.82, 2.24) is 9.47 Å². The minimum absolute atomic E-state index is 0.0498. The van der Waals surface area contributed by atoms with Gasteiger partial charge in [0.15, 0.2) is 5.78 Å². The third-order valence-corrected chi connectivity index (χ3v) is 2.45. The van der Waals surface area contributed by atoms with Gasteiger partial charge in [-0.1, -0.05) is 0 Å². The molecule has 0 saturated carbocycles. The zero-order valence-corrected chi connectivity index (χ0v) is 9.97. The van der Waals surface area contributed by atoms with E-state index in [2.05, 4.69) is 6.07 Å². The molecule has 0 radical (unpaired) electrons. The van der Waals surface area contributed by atoms with Crippen LogP contribution in [0.15, 0.2) is 18.3 Å². The number of hydrogen-bond donors (Lipinski definition) is 0. The predicted octanol–water partition coefficient (Wildman–Crippen LogP) is 1.30. The van der Waals surface area contributed by atoms with Gasteiger partial charge in [0.1, 0.15) is 0 Å². The van der Waals surface area contributed by atoms with E-state index < -0.39 is 0 Å². The van der Waals surface area contributed by atoms with Gasteiger partial charge in [-0.25, -0.2) is 0 Å². The molecule has 0 fully saturated rings. The fraction of sp³-hybridized carbons (Fsp3) is 0.500. The largest absolute Gasteiger partial charge is 0.348 e. The van der Waals surface area contributed by atoms with Crippen molar-refractivity contribution in [3.8, 4) is 6.07 Å². The zero-order valence-electron chi connectivity index (χ0n) is 9.97. The molecule has 0 aliphatic heterocycles. The van der Waals surface area contributed by atoms with E-state index in [9.17, 15) is 4.79 Å². The Balaban J connectivity index is 2.53.